The van der Waals surface area contributed by atoms with Crippen LogP contribution in [0.4, 0.5) is 0 Å². The maximum atomic E-state index is 12.5. The van der Waals surface area contributed by atoms with Gasteiger partial charge in [-0.05, 0) is 18.6 Å². The number of hydrogen-bond acceptors (Lipinski definition) is 3. The lowest BCUT2D eigenvalue weighted by Gasteiger charge is -2.35. The number of nitrogens with one attached hydrogen (secondary N) is 2. The summed E-state index contributed by atoms with van der Waals surface area (Å²) in [5.74, 6) is 0.450. The molecule has 1 atom stereocenters. The molecule has 5 nitrogen and oxygen atoms in total. The second-order valence-corrected chi connectivity index (χ2v) is 4.87. The summed E-state index contributed by atoms with van der Waals surface area (Å²) in [4.78, 5) is 22.0. The van der Waals surface area contributed by atoms with Crippen LogP contribution in [-0.2, 0) is 0 Å². The van der Waals surface area contributed by atoms with Gasteiger partial charge in [-0.2, -0.15) is 0 Å². The average Bonchev–Trinajstić information content (AvgIpc) is 2.90. The van der Waals surface area contributed by atoms with Crippen molar-refractivity contribution in [1.82, 2.24) is 20.2 Å². The lowest BCUT2D eigenvalue weighted by molar-refractivity contribution is 0.0620. The van der Waals surface area contributed by atoms with Crippen LogP contribution in [0, 0.1) is 0 Å². The molecule has 0 spiro atoms. The Morgan fingerprint density at radius 3 is 3.11 bits per heavy atom. The number of carbonyl (C=O) groups excluding carboxylic acids is 1. The van der Waals surface area contributed by atoms with Crippen LogP contribution in [0.2, 0.25) is 0 Å². The van der Waals surface area contributed by atoms with E-state index in [1.54, 1.807) is 0 Å². The number of fused-ring (bicyclic) bond motifs is 1. The molecule has 1 saturated heterocycles. The molecule has 100 valence electrons. The van der Waals surface area contributed by atoms with Gasteiger partial charge in [0.1, 0.15) is 0 Å². The van der Waals surface area contributed by atoms with E-state index in [9.17, 15) is 4.79 Å². The van der Waals surface area contributed by atoms with Gasteiger partial charge in [0.25, 0.3) is 5.91 Å². The summed E-state index contributed by atoms with van der Waals surface area (Å²) in [6.45, 7) is 4.57. The Balaban J connectivity index is 1.89. The Labute approximate surface area is 112 Å². The van der Waals surface area contributed by atoms with Crippen LogP contribution in [0.1, 0.15) is 24.0 Å². The van der Waals surface area contributed by atoms with Crippen molar-refractivity contribution in [3.8, 4) is 0 Å². The number of nitrogens with zero attached hydrogens (tertiary/aromatic N) is 2. The second kappa shape index (κ2) is 5.01. The summed E-state index contributed by atoms with van der Waals surface area (Å²) in [7, 11) is 0. The van der Waals surface area contributed by atoms with Gasteiger partial charge in [0.2, 0.25) is 0 Å². The van der Waals surface area contributed by atoms with E-state index in [2.05, 4.69) is 22.2 Å². The van der Waals surface area contributed by atoms with Crippen LogP contribution in [0.15, 0.2) is 24.3 Å². The van der Waals surface area contributed by atoms with E-state index in [0.717, 1.165) is 37.1 Å². The number of para-hydroxylation sites is 2. The molecule has 2 heterocycles. The van der Waals surface area contributed by atoms with E-state index >= 15 is 0 Å². The molecule has 5 heteroatoms. The van der Waals surface area contributed by atoms with Gasteiger partial charge in [0, 0.05) is 25.7 Å². The average molecular weight is 258 g/mol. The summed E-state index contributed by atoms with van der Waals surface area (Å²) >= 11 is 0. The molecule has 2 N–H and O–H groups in total. The molecule has 3 rings (SSSR count). The zero-order valence-corrected chi connectivity index (χ0v) is 11.0. The van der Waals surface area contributed by atoms with Crippen LogP contribution in [-0.4, -0.2) is 46.5 Å². The first-order valence-corrected chi connectivity index (χ1v) is 6.76. The van der Waals surface area contributed by atoms with Crippen LogP contribution < -0.4 is 5.32 Å². The third-order valence-corrected chi connectivity index (χ3v) is 3.67. The van der Waals surface area contributed by atoms with Crippen molar-refractivity contribution in [2.24, 2.45) is 0 Å². The molecule has 0 saturated carbocycles. The highest BCUT2D eigenvalue weighted by Crippen LogP contribution is 2.15. The molecule has 0 aliphatic carbocycles. The largest absolute Gasteiger partial charge is 0.334 e. The quantitative estimate of drug-likeness (QED) is 0.855. The van der Waals surface area contributed by atoms with Gasteiger partial charge in [-0.1, -0.05) is 19.1 Å². The third kappa shape index (κ3) is 2.21. The molecule has 1 aromatic heterocycles. The zero-order valence-electron chi connectivity index (χ0n) is 11.0. The number of H-pyrrole nitrogens is 1. The predicted molar refractivity (Wildman–Crippen MR) is 74.1 cm³/mol. The third-order valence-electron chi connectivity index (χ3n) is 3.67. The summed E-state index contributed by atoms with van der Waals surface area (Å²) in [5, 5.41) is 3.32. The van der Waals surface area contributed by atoms with Crippen molar-refractivity contribution in [1.29, 1.82) is 0 Å². The number of amides is 1. The van der Waals surface area contributed by atoms with Crippen molar-refractivity contribution < 1.29 is 4.79 Å². The fourth-order valence-corrected chi connectivity index (χ4v) is 2.58. The van der Waals surface area contributed by atoms with Gasteiger partial charge in [-0.15, -0.1) is 0 Å². The van der Waals surface area contributed by atoms with Gasteiger partial charge in [0.15, 0.2) is 5.82 Å². The van der Waals surface area contributed by atoms with Crippen molar-refractivity contribution >= 4 is 16.9 Å². The maximum Gasteiger partial charge on any atom is 0.290 e. The van der Waals surface area contributed by atoms with Crippen LogP contribution in [0.3, 0.4) is 0 Å². The maximum absolute atomic E-state index is 12.5. The van der Waals surface area contributed by atoms with Crippen LogP contribution >= 0.6 is 0 Å². The number of imidazole rings is 1. The van der Waals surface area contributed by atoms with E-state index in [-0.39, 0.29) is 11.9 Å². The van der Waals surface area contributed by atoms with Crippen molar-refractivity contribution in [2.45, 2.75) is 19.4 Å². The number of hydrogen-bond donors (Lipinski definition) is 2. The lowest BCUT2D eigenvalue weighted by atomic mass is 10.1. The monoisotopic (exact) mass is 258 g/mol. The standard InChI is InChI=1S/C14H18N4O/c1-2-10-9-15-7-8-18(10)14(19)13-16-11-5-3-4-6-12(11)17-13/h3-6,10,15H,2,7-9H2,1H3,(H,16,17). The number of aromatic nitrogens is 2. The first-order chi connectivity index (χ1) is 9.29. The minimum Gasteiger partial charge on any atom is -0.334 e. The summed E-state index contributed by atoms with van der Waals surface area (Å²) in [5.41, 5.74) is 1.75. The van der Waals surface area contributed by atoms with E-state index in [0.29, 0.717) is 5.82 Å². The molecule has 0 radical (unpaired) electrons. The van der Waals surface area contributed by atoms with Crippen LogP contribution in [0.5, 0.6) is 0 Å². The first-order valence-electron chi connectivity index (χ1n) is 6.76. The molecule has 1 aliphatic heterocycles. The molecule has 1 amide bonds. The summed E-state index contributed by atoms with van der Waals surface area (Å²) in [6, 6.07) is 7.98. The first kappa shape index (κ1) is 12.2. The molecular formula is C14H18N4O. The lowest BCUT2D eigenvalue weighted by Crippen LogP contribution is -2.53. The Bertz CT molecular complexity index is 559. The highest BCUT2D eigenvalue weighted by atomic mass is 16.2. The Morgan fingerprint density at radius 2 is 2.32 bits per heavy atom. The Hall–Kier alpha value is -1.88. The molecule has 0 bridgehead atoms. The van der Waals surface area contributed by atoms with Crippen LogP contribution in [0.25, 0.3) is 11.0 Å². The van der Waals surface area contributed by atoms with E-state index in [1.165, 1.54) is 0 Å². The number of benzene rings is 1. The highest BCUT2D eigenvalue weighted by Gasteiger charge is 2.27. The van der Waals surface area contributed by atoms with Gasteiger partial charge >= 0.3 is 0 Å². The zero-order chi connectivity index (χ0) is 13.2. The second-order valence-electron chi connectivity index (χ2n) is 4.87. The normalized spacial score (nSPS) is 19.8. The Kier molecular flexibility index (Phi) is 3.21. The molecule has 19 heavy (non-hydrogen) atoms. The topological polar surface area (TPSA) is 61.0 Å². The smallest absolute Gasteiger partial charge is 0.290 e. The minimum absolute atomic E-state index is 0.00421. The van der Waals surface area contributed by atoms with E-state index < -0.39 is 0 Å². The molecule has 2 aromatic rings. The molecule has 1 aromatic carbocycles. The fraction of sp³-hybridized carbons (Fsp3) is 0.429. The van der Waals surface area contributed by atoms with Gasteiger partial charge < -0.3 is 15.2 Å². The predicted octanol–water partition coefficient (Wildman–Crippen LogP) is 1.39. The van der Waals surface area contributed by atoms with Gasteiger partial charge in [0.05, 0.1) is 11.0 Å². The molecule has 1 fully saturated rings. The fourth-order valence-electron chi connectivity index (χ4n) is 2.58. The van der Waals surface area contributed by atoms with Crippen molar-refractivity contribution in [2.75, 3.05) is 19.6 Å². The molecule has 1 aliphatic rings. The number of rotatable bonds is 2. The summed E-state index contributed by atoms with van der Waals surface area (Å²) in [6.07, 6.45) is 0.957. The highest BCUT2D eigenvalue weighted by molar-refractivity contribution is 5.94. The van der Waals surface area contributed by atoms with Gasteiger partial charge in [-0.25, -0.2) is 4.98 Å². The SMILES string of the molecule is CCC1CNCCN1C(=O)c1nc2ccccc2[nH]1. The van der Waals surface area contributed by atoms with Crippen molar-refractivity contribution in [3.05, 3.63) is 30.1 Å². The van der Waals surface area contributed by atoms with Gasteiger partial charge in [-0.3, -0.25) is 4.79 Å². The Morgan fingerprint density at radius 1 is 1.47 bits per heavy atom. The van der Waals surface area contributed by atoms with E-state index in [4.69, 9.17) is 0 Å². The molecule has 1 unspecified atom stereocenters. The number of piperazine rings is 1. The number of aromatic amines is 1. The minimum atomic E-state index is 0.00421. The number of carbonyl (C=O) groups is 1. The van der Waals surface area contributed by atoms with Crippen molar-refractivity contribution in [3.63, 3.8) is 0 Å². The van der Waals surface area contributed by atoms with E-state index in [1.807, 2.05) is 29.2 Å². The summed E-state index contributed by atoms with van der Waals surface area (Å²) < 4.78 is 0. The molecular weight excluding hydrogens is 240 g/mol.